The molecule has 0 spiro atoms. The zero-order valence-corrected chi connectivity index (χ0v) is 15.7. The van der Waals surface area contributed by atoms with Crippen molar-refractivity contribution in [3.05, 3.63) is 40.8 Å². The van der Waals surface area contributed by atoms with E-state index in [1.807, 2.05) is 6.07 Å². The SMILES string of the molecule is CCOC(=O)c1cc(Cc2ccc(N3CC4CC4C3)nc2CC)nn1C. The van der Waals surface area contributed by atoms with Crippen LogP contribution in [0.15, 0.2) is 18.2 Å². The number of carbonyl (C=O) groups excluding carboxylic acids is 1. The van der Waals surface area contributed by atoms with E-state index < -0.39 is 0 Å². The second-order valence-corrected chi connectivity index (χ2v) is 7.33. The van der Waals surface area contributed by atoms with Crippen molar-refractivity contribution >= 4 is 11.8 Å². The van der Waals surface area contributed by atoms with E-state index in [0.717, 1.165) is 48.6 Å². The molecular formula is C20H26N4O2. The quantitative estimate of drug-likeness (QED) is 0.746. The minimum atomic E-state index is -0.328. The summed E-state index contributed by atoms with van der Waals surface area (Å²) < 4.78 is 6.68. The molecule has 2 aromatic rings. The van der Waals surface area contributed by atoms with Gasteiger partial charge in [-0.25, -0.2) is 9.78 Å². The van der Waals surface area contributed by atoms with Gasteiger partial charge in [0.25, 0.3) is 0 Å². The third kappa shape index (κ3) is 3.20. The second kappa shape index (κ2) is 6.74. The number of fused-ring (bicyclic) bond motifs is 1. The number of anilines is 1. The van der Waals surface area contributed by atoms with Crippen LogP contribution in [0.3, 0.4) is 0 Å². The van der Waals surface area contributed by atoms with Gasteiger partial charge in [-0.1, -0.05) is 13.0 Å². The lowest BCUT2D eigenvalue weighted by Crippen LogP contribution is -2.23. The van der Waals surface area contributed by atoms with Crippen molar-refractivity contribution in [2.45, 2.75) is 33.1 Å². The highest BCUT2D eigenvalue weighted by Gasteiger charge is 2.45. The summed E-state index contributed by atoms with van der Waals surface area (Å²) in [5.74, 6) is 2.57. The number of aryl methyl sites for hydroxylation is 2. The van der Waals surface area contributed by atoms with Crippen LogP contribution >= 0.6 is 0 Å². The molecule has 0 radical (unpaired) electrons. The van der Waals surface area contributed by atoms with Crippen LogP contribution in [0, 0.1) is 11.8 Å². The fourth-order valence-electron chi connectivity index (χ4n) is 3.95. The molecule has 4 rings (SSSR count). The molecule has 2 atom stereocenters. The third-order valence-corrected chi connectivity index (χ3v) is 5.48. The van der Waals surface area contributed by atoms with Gasteiger partial charge in [0, 0.05) is 32.3 Å². The molecular weight excluding hydrogens is 328 g/mol. The molecule has 1 aliphatic carbocycles. The van der Waals surface area contributed by atoms with Crippen LogP contribution in [0.2, 0.25) is 0 Å². The van der Waals surface area contributed by atoms with Crippen LogP contribution in [-0.2, 0) is 24.6 Å². The predicted octanol–water partition coefficient (Wildman–Crippen LogP) is 2.60. The van der Waals surface area contributed by atoms with E-state index in [9.17, 15) is 4.79 Å². The highest BCUT2D eigenvalue weighted by molar-refractivity contribution is 5.87. The van der Waals surface area contributed by atoms with Crippen molar-refractivity contribution in [3.8, 4) is 0 Å². The summed E-state index contributed by atoms with van der Waals surface area (Å²) in [4.78, 5) is 19.3. The molecule has 1 saturated carbocycles. The lowest BCUT2D eigenvalue weighted by atomic mass is 10.1. The maximum atomic E-state index is 12.0. The second-order valence-electron chi connectivity index (χ2n) is 7.33. The van der Waals surface area contributed by atoms with E-state index in [0.29, 0.717) is 18.7 Å². The normalized spacial score (nSPS) is 21.0. The zero-order valence-electron chi connectivity index (χ0n) is 15.7. The summed E-state index contributed by atoms with van der Waals surface area (Å²) >= 11 is 0. The van der Waals surface area contributed by atoms with Gasteiger partial charge >= 0.3 is 5.97 Å². The van der Waals surface area contributed by atoms with Gasteiger partial charge in [-0.2, -0.15) is 5.10 Å². The first-order valence-electron chi connectivity index (χ1n) is 9.52. The number of piperidine rings is 1. The number of nitrogens with zero attached hydrogens (tertiary/aromatic N) is 4. The van der Waals surface area contributed by atoms with E-state index in [4.69, 9.17) is 9.72 Å². The van der Waals surface area contributed by atoms with Crippen molar-refractivity contribution < 1.29 is 9.53 Å². The molecule has 2 aliphatic rings. The number of hydrogen-bond donors (Lipinski definition) is 0. The molecule has 6 nitrogen and oxygen atoms in total. The number of aromatic nitrogens is 3. The standard InChI is InChI=1S/C20H26N4O2/c1-4-17-13(6-7-19(21-17)24-11-14-8-15(14)12-24)9-16-10-18(23(3)22-16)20(25)26-5-2/h6-7,10,14-15H,4-5,8-9,11-12H2,1-3H3. The maximum absolute atomic E-state index is 12.0. The van der Waals surface area contributed by atoms with Gasteiger partial charge in [0.05, 0.1) is 12.3 Å². The van der Waals surface area contributed by atoms with Crippen LogP contribution in [0.4, 0.5) is 5.82 Å². The van der Waals surface area contributed by atoms with E-state index in [2.05, 4.69) is 29.1 Å². The van der Waals surface area contributed by atoms with E-state index >= 15 is 0 Å². The lowest BCUT2D eigenvalue weighted by Gasteiger charge is -2.20. The summed E-state index contributed by atoms with van der Waals surface area (Å²) in [5, 5.41) is 4.48. The Morgan fingerprint density at radius 2 is 2.04 bits per heavy atom. The predicted molar refractivity (Wildman–Crippen MR) is 99.4 cm³/mol. The van der Waals surface area contributed by atoms with Gasteiger partial charge in [-0.05, 0) is 49.3 Å². The van der Waals surface area contributed by atoms with Crippen LogP contribution in [0.5, 0.6) is 0 Å². The Labute approximate surface area is 154 Å². The Hall–Kier alpha value is -2.37. The van der Waals surface area contributed by atoms with Gasteiger partial charge in [0.1, 0.15) is 11.5 Å². The number of hydrogen-bond acceptors (Lipinski definition) is 5. The van der Waals surface area contributed by atoms with Crippen molar-refractivity contribution in [2.75, 3.05) is 24.6 Å². The molecule has 6 heteroatoms. The minimum absolute atomic E-state index is 0.328. The van der Waals surface area contributed by atoms with Crippen molar-refractivity contribution in [2.24, 2.45) is 18.9 Å². The van der Waals surface area contributed by atoms with Gasteiger partial charge in [-0.15, -0.1) is 0 Å². The Kier molecular flexibility index (Phi) is 4.42. The summed E-state index contributed by atoms with van der Waals surface area (Å²) in [7, 11) is 1.77. The summed E-state index contributed by atoms with van der Waals surface area (Å²) in [6.45, 7) is 6.62. The van der Waals surface area contributed by atoms with Gasteiger partial charge in [0.15, 0.2) is 0 Å². The van der Waals surface area contributed by atoms with Crippen molar-refractivity contribution in [3.63, 3.8) is 0 Å². The molecule has 0 bridgehead atoms. The van der Waals surface area contributed by atoms with Crippen LogP contribution < -0.4 is 4.90 Å². The Morgan fingerprint density at radius 3 is 2.73 bits per heavy atom. The van der Waals surface area contributed by atoms with Crippen LogP contribution in [0.1, 0.15) is 47.7 Å². The molecule has 2 fully saturated rings. The zero-order chi connectivity index (χ0) is 18.3. The molecule has 3 heterocycles. The van der Waals surface area contributed by atoms with Gasteiger partial charge < -0.3 is 9.64 Å². The van der Waals surface area contributed by atoms with E-state index in [1.54, 1.807) is 18.7 Å². The van der Waals surface area contributed by atoms with Gasteiger partial charge in [-0.3, -0.25) is 4.68 Å². The molecule has 0 N–H and O–H groups in total. The molecule has 2 aromatic heterocycles. The monoisotopic (exact) mass is 354 g/mol. The fourth-order valence-corrected chi connectivity index (χ4v) is 3.95. The Balaban J connectivity index is 1.52. The van der Waals surface area contributed by atoms with Crippen molar-refractivity contribution in [1.82, 2.24) is 14.8 Å². The van der Waals surface area contributed by atoms with Crippen molar-refractivity contribution in [1.29, 1.82) is 0 Å². The first-order chi connectivity index (χ1) is 12.6. The average molecular weight is 354 g/mol. The number of ether oxygens (including phenoxy) is 1. The third-order valence-electron chi connectivity index (χ3n) is 5.48. The highest BCUT2D eigenvalue weighted by atomic mass is 16.5. The van der Waals surface area contributed by atoms with Gasteiger partial charge in [0.2, 0.25) is 0 Å². The number of pyridine rings is 1. The molecule has 1 saturated heterocycles. The Bertz CT molecular complexity index is 819. The molecule has 138 valence electrons. The largest absolute Gasteiger partial charge is 0.461 e. The molecule has 2 unspecified atom stereocenters. The maximum Gasteiger partial charge on any atom is 0.356 e. The first kappa shape index (κ1) is 17.1. The number of rotatable bonds is 6. The molecule has 1 aliphatic heterocycles. The Morgan fingerprint density at radius 1 is 1.27 bits per heavy atom. The smallest absolute Gasteiger partial charge is 0.356 e. The van der Waals surface area contributed by atoms with E-state index in [-0.39, 0.29) is 5.97 Å². The fraction of sp³-hybridized carbons (Fsp3) is 0.550. The summed E-state index contributed by atoms with van der Waals surface area (Å²) in [6, 6.07) is 6.12. The topological polar surface area (TPSA) is 60.2 Å². The minimum Gasteiger partial charge on any atom is -0.461 e. The summed E-state index contributed by atoms with van der Waals surface area (Å²) in [5.41, 5.74) is 3.64. The number of esters is 1. The van der Waals surface area contributed by atoms with Crippen LogP contribution in [-0.4, -0.2) is 40.4 Å². The first-order valence-corrected chi connectivity index (χ1v) is 9.52. The molecule has 26 heavy (non-hydrogen) atoms. The lowest BCUT2D eigenvalue weighted by molar-refractivity contribution is 0.0513. The van der Waals surface area contributed by atoms with Crippen LogP contribution in [0.25, 0.3) is 0 Å². The highest BCUT2D eigenvalue weighted by Crippen LogP contribution is 2.46. The number of carbonyl (C=O) groups is 1. The average Bonchev–Trinajstić information content (AvgIpc) is 3.06. The van der Waals surface area contributed by atoms with E-state index in [1.165, 1.54) is 12.0 Å². The molecule has 0 amide bonds. The summed E-state index contributed by atoms with van der Waals surface area (Å²) in [6.07, 6.45) is 2.97. The molecule has 0 aromatic carbocycles.